The van der Waals surface area contributed by atoms with Crippen LogP contribution in [0.2, 0.25) is 0 Å². The maximum atomic E-state index is 12.6. The first-order chi connectivity index (χ1) is 16.2. The number of carbonyl (C=O) groups excluding carboxylic acids is 1. The van der Waals surface area contributed by atoms with Gasteiger partial charge >= 0.3 is 12.4 Å². The van der Waals surface area contributed by atoms with Crippen LogP contribution < -0.4 is 24.8 Å². The van der Waals surface area contributed by atoms with Crippen LogP contribution in [-0.2, 0) is 13.0 Å². The first-order valence-electron chi connectivity index (χ1n) is 10.8. The summed E-state index contributed by atoms with van der Waals surface area (Å²) < 4.78 is 52.9. The number of aryl methyl sites for hydroxylation is 1. The molecule has 3 rings (SSSR count). The van der Waals surface area contributed by atoms with E-state index in [9.17, 15) is 23.1 Å². The summed E-state index contributed by atoms with van der Waals surface area (Å²) in [6.07, 6.45) is 0.102. The first-order valence-corrected chi connectivity index (χ1v) is 10.8. The summed E-state index contributed by atoms with van der Waals surface area (Å²) in [5.74, 6) is 0.685. The van der Waals surface area contributed by atoms with Crippen LogP contribution in [0.5, 0.6) is 17.4 Å². The number of anilines is 1. The highest BCUT2D eigenvalue weighted by Gasteiger charge is 2.32. The molecule has 1 aliphatic rings. The number of hydrogen-bond acceptors (Lipinski definition) is 7. The predicted molar refractivity (Wildman–Crippen MR) is 116 cm³/mol. The molecule has 34 heavy (non-hydrogen) atoms. The van der Waals surface area contributed by atoms with E-state index in [1.807, 2.05) is 6.92 Å². The zero-order chi connectivity index (χ0) is 24.7. The molecule has 0 aliphatic heterocycles. The minimum absolute atomic E-state index is 0.0353. The Bertz CT molecular complexity index is 981. The number of aromatic nitrogens is 2. The number of aliphatic hydroxyl groups is 1. The average Bonchev–Trinajstić information content (AvgIpc) is 2.79. The minimum Gasteiger partial charge on any atom is -0.494 e. The Morgan fingerprint density at radius 3 is 2.59 bits per heavy atom. The monoisotopic (exact) mass is 484 g/mol. The van der Waals surface area contributed by atoms with E-state index < -0.39 is 24.7 Å². The van der Waals surface area contributed by atoms with Crippen LogP contribution in [0.1, 0.15) is 44.0 Å². The van der Waals surface area contributed by atoms with Crippen molar-refractivity contribution in [3.63, 3.8) is 0 Å². The number of carbonyl (C=O) groups is 1. The highest BCUT2D eigenvalue weighted by Crippen LogP contribution is 2.36. The third-order valence-electron chi connectivity index (χ3n) is 5.29. The van der Waals surface area contributed by atoms with E-state index in [4.69, 9.17) is 9.47 Å². The van der Waals surface area contributed by atoms with E-state index in [2.05, 4.69) is 25.3 Å². The zero-order valence-corrected chi connectivity index (χ0v) is 18.8. The van der Waals surface area contributed by atoms with Gasteiger partial charge in [-0.3, -0.25) is 0 Å². The van der Waals surface area contributed by atoms with Crippen molar-refractivity contribution in [3.8, 4) is 17.4 Å². The number of rotatable bonds is 8. The summed E-state index contributed by atoms with van der Waals surface area (Å²) in [6, 6.07) is 2.94. The molecule has 9 nitrogen and oxygen atoms in total. The molecule has 2 amide bonds. The smallest absolute Gasteiger partial charge is 0.494 e. The van der Waals surface area contributed by atoms with Gasteiger partial charge < -0.3 is 30.0 Å². The van der Waals surface area contributed by atoms with Crippen LogP contribution in [-0.4, -0.2) is 46.7 Å². The topological polar surface area (TPSA) is 115 Å². The fourth-order valence-electron chi connectivity index (χ4n) is 3.76. The van der Waals surface area contributed by atoms with E-state index in [1.54, 1.807) is 12.3 Å². The molecule has 0 unspecified atom stereocenters. The number of ether oxygens (including phenoxy) is 3. The molecule has 1 heterocycles. The molecule has 3 N–H and O–H groups in total. The highest BCUT2D eigenvalue weighted by atomic mass is 19.4. The lowest BCUT2D eigenvalue weighted by Gasteiger charge is -2.29. The van der Waals surface area contributed by atoms with Crippen LogP contribution in [0.15, 0.2) is 24.4 Å². The molecule has 1 aromatic heterocycles. The second kappa shape index (κ2) is 11.2. The third-order valence-corrected chi connectivity index (χ3v) is 5.29. The van der Waals surface area contributed by atoms with Gasteiger partial charge in [0.05, 0.1) is 19.4 Å². The molecule has 0 atom stereocenters. The van der Waals surface area contributed by atoms with Gasteiger partial charge in [-0.05, 0) is 31.7 Å². The third kappa shape index (κ3) is 7.11. The molecule has 1 aromatic carbocycles. The Morgan fingerprint density at radius 1 is 1.24 bits per heavy atom. The van der Waals surface area contributed by atoms with Gasteiger partial charge in [-0.15, -0.1) is 13.2 Å². The lowest BCUT2D eigenvalue weighted by Crippen LogP contribution is -2.41. The van der Waals surface area contributed by atoms with Crippen molar-refractivity contribution in [3.05, 3.63) is 35.8 Å². The summed E-state index contributed by atoms with van der Waals surface area (Å²) >= 11 is 0. The van der Waals surface area contributed by atoms with E-state index in [0.29, 0.717) is 43.8 Å². The van der Waals surface area contributed by atoms with E-state index in [1.165, 1.54) is 7.11 Å². The molecule has 1 saturated carbocycles. The van der Waals surface area contributed by atoms with E-state index >= 15 is 0 Å². The average molecular weight is 484 g/mol. The van der Waals surface area contributed by atoms with E-state index in [-0.39, 0.29) is 29.1 Å². The van der Waals surface area contributed by atoms with Crippen LogP contribution in [0.3, 0.4) is 0 Å². The van der Waals surface area contributed by atoms with Crippen molar-refractivity contribution in [2.75, 3.05) is 12.4 Å². The van der Waals surface area contributed by atoms with Crippen molar-refractivity contribution >= 4 is 11.7 Å². The zero-order valence-electron chi connectivity index (χ0n) is 18.8. The molecular weight excluding hydrogens is 457 g/mol. The van der Waals surface area contributed by atoms with Gasteiger partial charge in [-0.2, -0.15) is 4.98 Å². The standard InChI is InChI=1S/C22H27F3N4O5/c1-3-18-26-9-8-19(29-18)33-15-6-4-14(5-7-15)27-21(31)28-17-11-16(34-22(23,24)25)10-13(12-30)20(17)32-2/h8-11,14-15,30H,3-7,12H2,1-2H3,(H2,27,28,31). The van der Waals surface area contributed by atoms with Crippen LogP contribution in [0.4, 0.5) is 23.7 Å². The first kappa shape index (κ1) is 25.3. The molecule has 1 fully saturated rings. The van der Waals surface area contributed by atoms with Crippen molar-refractivity contribution in [2.24, 2.45) is 0 Å². The number of methoxy groups -OCH3 is 1. The quantitative estimate of drug-likeness (QED) is 0.520. The molecule has 2 aromatic rings. The van der Waals surface area contributed by atoms with Crippen molar-refractivity contribution in [2.45, 2.75) is 64.1 Å². The summed E-state index contributed by atoms with van der Waals surface area (Å²) in [7, 11) is 1.28. The van der Waals surface area contributed by atoms with Gasteiger partial charge in [0, 0.05) is 36.4 Å². The summed E-state index contributed by atoms with van der Waals surface area (Å²) in [6.45, 7) is 1.35. The fourth-order valence-corrected chi connectivity index (χ4v) is 3.76. The van der Waals surface area contributed by atoms with Crippen molar-refractivity contribution < 1.29 is 37.3 Å². The van der Waals surface area contributed by atoms with Gasteiger partial charge in [0.25, 0.3) is 0 Å². The Labute approximate surface area is 194 Å². The molecule has 0 radical (unpaired) electrons. The van der Waals surface area contributed by atoms with Crippen molar-refractivity contribution in [1.29, 1.82) is 0 Å². The van der Waals surface area contributed by atoms with Crippen molar-refractivity contribution in [1.82, 2.24) is 15.3 Å². The lowest BCUT2D eigenvalue weighted by atomic mass is 9.93. The molecule has 12 heteroatoms. The van der Waals surface area contributed by atoms with Crippen LogP contribution in [0.25, 0.3) is 0 Å². The van der Waals surface area contributed by atoms with Gasteiger partial charge in [-0.25, -0.2) is 9.78 Å². The number of alkyl halides is 3. The fraction of sp³-hybridized carbons (Fsp3) is 0.500. The van der Waals surface area contributed by atoms with Crippen LogP contribution >= 0.6 is 0 Å². The number of aliphatic hydroxyl groups excluding tert-OH is 1. The maximum Gasteiger partial charge on any atom is 0.573 e. The Balaban J connectivity index is 1.58. The lowest BCUT2D eigenvalue weighted by molar-refractivity contribution is -0.274. The largest absolute Gasteiger partial charge is 0.573 e. The van der Waals surface area contributed by atoms with Gasteiger partial charge in [0.1, 0.15) is 23.4 Å². The van der Waals surface area contributed by atoms with E-state index in [0.717, 1.165) is 12.1 Å². The summed E-state index contributed by atoms with van der Waals surface area (Å²) in [5.41, 5.74) is -0.0218. The molecule has 1 aliphatic carbocycles. The second-order valence-electron chi connectivity index (χ2n) is 7.72. The molecule has 0 bridgehead atoms. The Kier molecular flexibility index (Phi) is 8.37. The number of amides is 2. The number of nitrogens with one attached hydrogen (secondary N) is 2. The Hall–Kier alpha value is -3.28. The Morgan fingerprint density at radius 2 is 1.97 bits per heavy atom. The van der Waals surface area contributed by atoms with Gasteiger partial charge in [-0.1, -0.05) is 6.92 Å². The minimum atomic E-state index is -4.93. The number of hydrogen-bond donors (Lipinski definition) is 3. The normalized spacial score (nSPS) is 18.2. The second-order valence-corrected chi connectivity index (χ2v) is 7.72. The number of benzene rings is 1. The maximum absolute atomic E-state index is 12.6. The molecule has 0 saturated heterocycles. The number of nitrogens with zero attached hydrogens (tertiary/aromatic N) is 2. The number of urea groups is 1. The summed E-state index contributed by atoms with van der Waals surface area (Å²) in [4.78, 5) is 21.0. The summed E-state index contributed by atoms with van der Waals surface area (Å²) in [5, 5.41) is 14.8. The predicted octanol–water partition coefficient (Wildman–Crippen LogP) is 3.95. The van der Waals surface area contributed by atoms with Crippen LogP contribution in [0, 0.1) is 0 Å². The molecule has 186 valence electrons. The van der Waals surface area contributed by atoms with Gasteiger partial charge in [0.2, 0.25) is 5.88 Å². The SMILES string of the molecule is CCc1nccc(OC2CCC(NC(=O)Nc3cc(OC(F)(F)F)cc(CO)c3OC)CC2)n1. The highest BCUT2D eigenvalue weighted by molar-refractivity contribution is 5.91. The van der Waals surface area contributed by atoms with Gasteiger partial charge in [0.15, 0.2) is 0 Å². The number of halogens is 3. The molecule has 0 spiro atoms. The molecular formula is C22H27F3N4O5.